The highest BCUT2D eigenvalue weighted by molar-refractivity contribution is 5.97. The van der Waals surface area contributed by atoms with Gasteiger partial charge in [-0.2, -0.15) is 0 Å². The molecule has 1 fully saturated rings. The number of hydrogen-bond acceptors (Lipinski definition) is 5. The van der Waals surface area contributed by atoms with Crippen LogP contribution in [0, 0.1) is 5.92 Å². The number of rotatable bonds is 7. The molecular weight excluding hydrogens is 296 g/mol. The number of ether oxygens (including phenoxy) is 3. The zero-order valence-electron chi connectivity index (χ0n) is 14.1. The molecule has 2 atom stereocenters. The predicted octanol–water partition coefficient (Wildman–Crippen LogP) is 2.64. The maximum atomic E-state index is 12.7. The van der Waals surface area contributed by atoms with Crippen molar-refractivity contribution < 1.29 is 19.0 Å². The third-order valence-corrected chi connectivity index (χ3v) is 4.29. The van der Waals surface area contributed by atoms with E-state index in [1.54, 1.807) is 32.5 Å². The molecule has 1 aromatic heterocycles. The van der Waals surface area contributed by atoms with Crippen LogP contribution in [0.15, 0.2) is 18.3 Å². The fraction of sp³-hybridized carbons (Fsp3) is 0.647. The molecule has 128 valence electrons. The maximum absolute atomic E-state index is 12.7. The van der Waals surface area contributed by atoms with Gasteiger partial charge in [-0.3, -0.25) is 4.79 Å². The summed E-state index contributed by atoms with van der Waals surface area (Å²) in [6.45, 7) is 3.11. The van der Waals surface area contributed by atoms with Gasteiger partial charge < -0.3 is 19.5 Å². The van der Waals surface area contributed by atoms with E-state index in [1.165, 1.54) is 0 Å². The molecule has 1 aliphatic carbocycles. The molecule has 0 radical (unpaired) electrons. The molecule has 0 aliphatic heterocycles. The first-order valence-electron chi connectivity index (χ1n) is 8.04. The Balaban J connectivity index is 1.96. The van der Waals surface area contributed by atoms with E-state index in [2.05, 4.69) is 17.2 Å². The number of pyridine rings is 1. The molecule has 0 aromatic carbocycles. The molecule has 6 heteroatoms. The van der Waals surface area contributed by atoms with Gasteiger partial charge in [0.15, 0.2) is 0 Å². The Morgan fingerprint density at radius 1 is 1.39 bits per heavy atom. The van der Waals surface area contributed by atoms with E-state index in [4.69, 9.17) is 14.2 Å². The van der Waals surface area contributed by atoms with E-state index in [0.717, 1.165) is 25.7 Å². The van der Waals surface area contributed by atoms with E-state index in [9.17, 15) is 4.79 Å². The second-order valence-corrected chi connectivity index (χ2v) is 6.08. The summed E-state index contributed by atoms with van der Waals surface area (Å²) in [7, 11) is 3.23. The number of carbonyl (C=O) groups excluding carboxylic acids is 1. The predicted molar refractivity (Wildman–Crippen MR) is 87.6 cm³/mol. The fourth-order valence-electron chi connectivity index (χ4n) is 3.00. The van der Waals surface area contributed by atoms with Crippen LogP contribution in [0.4, 0.5) is 5.69 Å². The van der Waals surface area contributed by atoms with Gasteiger partial charge in [0.25, 0.3) is 5.91 Å². The minimum absolute atomic E-state index is 0.0959. The number of nitrogens with one attached hydrogen (secondary N) is 1. The summed E-state index contributed by atoms with van der Waals surface area (Å²) in [5.74, 6) is 0.901. The third kappa shape index (κ3) is 4.65. The molecule has 1 aliphatic rings. The Morgan fingerprint density at radius 3 is 2.83 bits per heavy atom. The Morgan fingerprint density at radius 2 is 2.22 bits per heavy atom. The molecule has 1 aromatic rings. The molecule has 0 unspecified atom stereocenters. The van der Waals surface area contributed by atoms with Crippen molar-refractivity contribution in [1.82, 2.24) is 4.98 Å². The molecule has 23 heavy (non-hydrogen) atoms. The average molecular weight is 322 g/mol. The SMILES string of the molecule is COCCOc1ccc(NC(=O)[C@@]2(OC)CCC[C@@H](C)C2)cn1. The summed E-state index contributed by atoms with van der Waals surface area (Å²) >= 11 is 0. The molecule has 6 nitrogen and oxygen atoms in total. The number of amides is 1. The van der Waals surface area contributed by atoms with Crippen molar-refractivity contribution in [3.05, 3.63) is 18.3 Å². The largest absolute Gasteiger partial charge is 0.475 e. The van der Waals surface area contributed by atoms with Gasteiger partial charge in [-0.1, -0.05) is 13.3 Å². The zero-order chi connectivity index (χ0) is 16.7. The Hall–Kier alpha value is -1.66. The van der Waals surface area contributed by atoms with Gasteiger partial charge in [-0.25, -0.2) is 4.98 Å². The van der Waals surface area contributed by atoms with E-state index >= 15 is 0 Å². The zero-order valence-corrected chi connectivity index (χ0v) is 14.1. The second kappa shape index (κ2) is 8.26. The molecule has 0 bridgehead atoms. The number of hydrogen-bond donors (Lipinski definition) is 1. The summed E-state index contributed by atoms with van der Waals surface area (Å²) in [4.78, 5) is 16.8. The van der Waals surface area contributed by atoms with Crippen molar-refractivity contribution in [1.29, 1.82) is 0 Å². The van der Waals surface area contributed by atoms with Crippen LogP contribution in [0.1, 0.15) is 32.6 Å². The van der Waals surface area contributed by atoms with Crippen LogP contribution in [-0.2, 0) is 14.3 Å². The Bertz CT molecular complexity index is 506. The van der Waals surface area contributed by atoms with Crippen LogP contribution < -0.4 is 10.1 Å². The lowest BCUT2D eigenvalue weighted by molar-refractivity contribution is -0.143. The number of methoxy groups -OCH3 is 2. The number of anilines is 1. The monoisotopic (exact) mass is 322 g/mol. The Labute approximate surface area is 137 Å². The second-order valence-electron chi connectivity index (χ2n) is 6.08. The minimum Gasteiger partial charge on any atom is -0.475 e. The quantitative estimate of drug-likeness (QED) is 0.782. The lowest BCUT2D eigenvalue weighted by Crippen LogP contribution is -2.47. The van der Waals surface area contributed by atoms with E-state index < -0.39 is 5.60 Å². The van der Waals surface area contributed by atoms with Crippen molar-refractivity contribution in [2.24, 2.45) is 5.92 Å². The minimum atomic E-state index is -0.731. The summed E-state index contributed by atoms with van der Waals surface area (Å²) < 4.78 is 15.9. The lowest BCUT2D eigenvalue weighted by Gasteiger charge is -2.37. The van der Waals surface area contributed by atoms with Gasteiger partial charge in [0, 0.05) is 20.3 Å². The molecule has 1 N–H and O–H groups in total. The highest BCUT2D eigenvalue weighted by Gasteiger charge is 2.41. The van der Waals surface area contributed by atoms with Gasteiger partial charge in [0.2, 0.25) is 5.88 Å². The van der Waals surface area contributed by atoms with E-state index in [1.807, 2.05) is 0 Å². The summed E-state index contributed by atoms with van der Waals surface area (Å²) in [5, 5.41) is 2.91. The highest BCUT2D eigenvalue weighted by Crippen LogP contribution is 2.35. The van der Waals surface area contributed by atoms with Crippen LogP contribution in [-0.4, -0.2) is 43.9 Å². The van der Waals surface area contributed by atoms with Crippen LogP contribution in [0.25, 0.3) is 0 Å². The van der Waals surface area contributed by atoms with Crippen molar-refractivity contribution in [3.63, 3.8) is 0 Å². The van der Waals surface area contributed by atoms with Gasteiger partial charge in [0.05, 0.1) is 18.5 Å². The molecule has 1 amide bonds. The van der Waals surface area contributed by atoms with Crippen LogP contribution in [0.3, 0.4) is 0 Å². The molecule has 1 heterocycles. The maximum Gasteiger partial charge on any atom is 0.256 e. The number of nitrogens with zero attached hydrogens (tertiary/aromatic N) is 1. The normalized spacial score (nSPS) is 24.2. The van der Waals surface area contributed by atoms with Crippen molar-refractivity contribution in [3.8, 4) is 5.88 Å². The number of carbonyl (C=O) groups is 1. The van der Waals surface area contributed by atoms with Gasteiger partial charge in [-0.05, 0) is 31.2 Å². The smallest absolute Gasteiger partial charge is 0.256 e. The topological polar surface area (TPSA) is 69.7 Å². The number of aromatic nitrogens is 1. The third-order valence-electron chi connectivity index (χ3n) is 4.29. The average Bonchev–Trinajstić information content (AvgIpc) is 2.56. The highest BCUT2D eigenvalue weighted by atomic mass is 16.5. The summed E-state index contributed by atoms with van der Waals surface area (Å²) in [5.41, 5.74) is -0.0885. The van der Waals surface area contributed by atoms with E-state index in [-0.39, 0.29) is 5.91 Å². The molecule has 1 saturated carbocycles. The molecule has 2 rings (SSSR count). The first kappa shape index (κ1) is 17.7. The van der Waals surface area contributed by atoms with Gasteiger partial charge >= 0.3 is 0 Å². The van der Waals surface area contributed by atoms with Crippen molar-refractivity contribution in [2.45, 2.75) is 38.2 Å². The van der Waals surface area contributed by atoms with Crippen LogP contribution in [0.2, 0.25) is 0 Å². The van der Waals surface area contributed by atoms with Crippen LogP contribution >= 0.6 is 0 Å². The first-order chi connectivity index (χ1) is 11.1. The summed E-state index contributed by atoms with van der Waals surface area (Å²) in [6, 6.07) is 3.51. The van der Waals surface area contributed by atoms with Crippen molar-refractivity contribution in [2.75, 3.05) is 32.8 Å². The molecule has 0 spiro atoms. The van der Waals surface area contributed by atoms with Crippen LogP contribution in [0.5, 0.6) is 5.88 Å². The summed E-state index contributed by atoms with van der Waals surface area (Å²) in [6.07, 6.45) is 5.25. The fourth-order valence-corrected chi connectivity index (χ4v) is 3.00. The lowest BCUT2D eigenvalue weighted by atomic mass is 9.78. The Kier molecular flexibility index (Phi) is 6.36. The molecule has 0 saturated heterocycles. The first-order valence-corrected chi connectivity index (χ1v) is 8.04. The van der Waals surface area contributed by atoms with Crippen molar-refractivity contribution >= 4 is 11.6 Å². The van der Waals surface area contributed by atoms with Gasteiger partial charge in [0.1, 0.15) is 12.2 Å². The van der Waals surface area contributed by atoms with Gasteiger partial charge in [-0.15, -0.1) is 0 Å². The molecular formula is C17H26N2O4. The van der Waals surface area contributed by atoms with E-state index in [0.29, 0.717) is 30.7 Å². The standard InChI is InChI=1S/C17H26N2O4/c1-13-5-4-8-17(11-13,22-3)16(20)19-14-6-7-15(18-12-14)23-10-9-21-2/h6-7,12-13H,4-5,8-11H2,1-3H3,(H,19,20)/t13-,17-/m1/s1.